The van der Waals surface area contributed by atoms with Crippen molar-refractivity contribution in [2.24, 2.45) is 0 Å². The minimum atomic E-state index is 0.299. The summed E-state index contributed by atoms with van der Waals surface area (Å²) in [5.41, 5.74) is 0. The van der Waals surface area contributed by atoms with Gasteiger partial charge in [0.1, 0.15) is 0 Å². The van der Waals surface area contributed by atoms with Crippen molar-refractivity contribution in [1.82, 2.24) is 0 Å². The summed E-state index contributed by atoms with van der Waals surface area (Å²) in [5.74, 6) is 0. The second-order valence-electron chi connectivity index (χ2n) is 1.44. The lowest BCUT2D eigenvalue weighted by molar-refractivity contribution is 1.49. The summed E-state index contributed by atoms with van der Waals surface area (Å²) in [6.07, 6.45) is 5.92. The highest BCUT2D eigenvalue weighted by molar-refractivity contribution is 7.85. The van der Waals surface area contributed by atoms with Crippen LogP contribution in [0.2, 0.25) is 0 Å². The van der Waals surface area contributed by atoms with E-state index in [4.69, 9.17) is 0 Å². The van der Waals surface area contributed by atoms with Gasteiger partial charge in [-0.2, -0.15) is 12.6 Å². The van der Waals surface area contributed by atoms with Crippen molar-refractivity contribution in [3.63, 3.8) is 0 Å². The lowest BCUT2D eigenvalue weighted by atomic mass is 10.5. The van der Waals surface area contributed by atoms with Gasteiger partial charge in [0.15, 0.2) is 0 Å². The maximum absolute atomic E-state index is 4.14. The third-order valence-electron chi connectivity index (χ3n) is 0.806. The molecule has 7 heavy (non-hydrogen) atoms. The van der Waals surface area contributed by atoms with Crippen LogP contribution in [0.3, 0.4) is 0 Å². The number of hydrogen-bond acceptors (Lipinski definition) is 2. The second-order valence-corrected chi connectivity index (χ2v) is 2.55. The van der Waals surface area contributed by atoms with Crippen LogP contribution >= 0.6 is 25.3 Å². The van der Waals surface area contributed by atoms with Crippen LogP contribution < -0.4 is 0 Å². The number of rotatable bonds is 0. The average molecular weight is 130 g/mol. The molecule has 1 rings (SSSR count). The highest BCUT2D eigenvalue weighted by Gasteiger charge is 1.98. The Morgan fingerprint density at radius 1 is 1.57 bits per heavy atom. The molecule has 0 fully saturated rings. The molecule has 0 N–H and O–H groups in total. The highest BCUT2D eigenvalue weighted by Crippen LogP contribution is 2.15. The molecule has 0 heterocycles. The van der Waals surface area contributed by atoms with Gasteiger partial charge in [0.2, 0.25) is 0 Å². The van der Waals surface area contributed by atoms with Gasteiger partial charge in [-0.1, -0.05) is 18.2 Å². The van der Waals surface area contributed by atoms with Gasteiger partial charge in [-0.25, -0.2) is 0 Å². The summed E-state index contributed by atoms with van der Waals surface area (Å²) in [4.78, 5) is 1.01. The molecule has 0 amide bonds. The van der Waals surface area contributed by atoms with Crippen molar-refractivity contribution in [2.45, 2.75) is 5.25 Å². The molecule has 0 saturated carbocycles. The minimum Gasteiger partial charge on any atom is -0.167 e. The molecule has 38 valence electrons. The first-order chi connectivity index (χ1) is 3.29. The third kappa shape index (κ3) is 1.28. The smallest absolute Gasteiger partial charge is 0.0394 e. The van der Waals surface area contributed by atoms with E-state index in [9.17, 15) is 0 Å². The minimum absolute atomic E-state index is 0.299. The molecule has 2 heteroatoms. The monoisotopic (exact) mass is 130 g/mol. The quantitative estimate of drug-likeness (QED) is 0.458. The predicted molar refractivity (Wildman–Crippen MR) is 39.0 cm³/mol. The number of hydrogen-bond donors (Lipinski definition) is 2. The van der Waals surface area contributed by atoms with Crippen molar-refractivity contribution in [3.05, 3.63) is 23.1 Å². The van der Waals surface area contributed by atoms with Crippen molar-refractivity contribution in [2.75, 3.05) is 0 Å². The molecular formula is C5H6S2. The van der Waals surface area contributed by atoms with E-state index in [-0.39, 0.29) is 0 Å². The van der Waals surface area contributed by atoms with Crippen LogP contribution in [0.1, 0.15) is 0 Å². The summed E-state index contributed by atoms with van der Waals surface area (Å²) in [6.45, 7) is 0. The van der Waals surface area contributed by atoms with Gasteiger partial charge < -0.3 is 0 Å². The standard InChI is InChI=1S/C5H6S2/c6-4-1-2-5(7)3-4/h1-4,6-7H. The van der Waals surface area contributed by atoms with Crippen molar-refractivity contribution in [3.8, 4) is 0 Å². The van der Waals surface area contributed by atoms with Gasteiger partial charge in [0.05, 0.1) is 0 Å². The summed E-state index contributed by atoms with van der Waals surface area (Å²) < 4.78 is 0. The Bertz CT molecular complexity index is 124. The Morgan fingerprint density at radius 3 is 2.43 bits per heavy atom. The maximum atomic E-state index is 4.14. The van der Waals surface area contributed by atoms with Crippen LogP contribution in [0, 0.1) is 0 Å². The Hall–Kier alpha value is 0.180. The largest absolute Gasteiger partial charge is 0.167 e. The van der Waals surface area contributed by atoms with Crippen LogP contribution in [0.5, 0.6) is 0 Å². The Morgan fingerprint density at radius 2 is 2.29 bits per heavy atom. The fraction of sp³-hybridized carbons (Fsp3) is 0.200. The maximum Gasteiger partial charge on any atom is 0.0394 e. The molecular weight excluding hydrogens is 124 g/mol. The Kier molecular flexibility index (Phi) is 1.50. The average Bonchev–Trinajstić information content (AvgIpc) is 1.87. The van der Waals surface area contributed by atoms with Gasteiger partial charge in [0, 0.05) is 10.2 Å². The molecule has 0 aromatic carbocycles. The highest BCUT2D eigenvalue weighted by atomic mass is 32.1. The topological polar surface area (TPSA) is 0 Å². The molecule has 0 bridgehead atoms. The van der Waals surface area contributed by atoms with Crippen LogP contribution in [0.25, 0.3) is 0 Å². The molecule has 0 nitrogen and oxygen atoms in total. The molecule has 0 radical (unpaired) electrons. The number of thiol groups is 2. The lowest BCUT2D eigenvalue weighted by Gasteiger charge is -1.84. The number of allylic oxidation sites excluding steroid dienone is 1. The van der Waals surface area contributed by atoms with Crippen molar-refractivity contribution in [1.29, 1.82) is 0 Å². The first-order valence-electron chi connectivity index (χ1n) is 2.06. The van der Waals surface area contributed by atoms with Crippen LogP contribution in [0.4, 0.5) is 0 Å². The second kappa shape index (κ2) is 1.97. The molecule has 0 aromatic rings. The van der Waals surface area contributed by atoms with Crippen LogP contribution in [-0.2, 0) is 0 Å². The van der Waals surface area contributed by atoms with E-state index in [2.05, 4.69) is 25.3 Å². The summed E-state index contributed by atoms with van der Waals surface area (Å²) in [7, 11) is 0. The van der Waals surface area contributed by atoms with Gasteiger partial charge in [0.25, 0.3) is 0 Å². The van der Waals surface area contributed by atoms with Crippen LogP contribution in [-0.4, -0.2) is 5.25 Å². The fourth-order valence-electron chi connectivity index (χ4n) is 0.483. The molecule has 1 aliphatic carbocycles. The Labute approximate surface area is 54.1 Å². The molecule has 1 unspecified atom stereocenters. The van der Waals surface area contributed by atoms with E-state index < -0.39 is 0 Å². The molecule has 0 spiro atoms. The Balaban J connectivity index is 2.69. The summed E-state index contributed by atoms with van der Waals surface area (Å²) in [5, 5.41) is 0.299. The normalized spacial score (nSPS) is 28.3. The zero-order valence-corrected chi connectivity index (χ0v) is 5.49. The van der Waals surface area contributed by atoms with E-state index in [0.29, 0.717) is 5.25 Å². The SMILES string of the molecule is SC1=CC(S)C=C1. The first-order valence-corrected chi connectivity index (χ1v) is 3.02. The van der Waals surface area contributed by atoms with E-state index in [1.807, 2.05) is 18.2 Å². The van der Waals surface area contributed by atoms with Gasteiger partial charge in [-0.15, -0.1) is 12.6 Å². The molecule has 0 aromatic heterocycles. The van der Waals surface area contributed by atoms with Gasteiger partial charge in [-0.05, 0) is 0 Å². The van der Waals surface area contributed by atoms with Gasteiger partial charge >= 0.3 is 0 Å². The van der Waals surface area contributed by atoms with Crippen LogP contribution in [0.15, 0.2) is 23.1 Å². The summed E-state index contributed by atoms with van der Waals surface area (Å²) in [6, 6.07) is 0. The van der Waals surface area contributed by atoms with E-state index in [1.165, 1.54) is 0 Å². The third-order valence-corrected chi connectivity index (χ3v) is 1.43. The predicted octanol–water partition coefficient (Wildman–Crippen LogP) is 1.67. The van der Waals surface area contributed by atoms with Crippen molar-refractivity contribution < 1.29 is 0 Å². The van der Waals surface area contributed by atoms with E-state index in [1.54, 1.807) is 0 Å². The molecule has 1 aliphatic rings. The van der Waals surface area contributed by atoms with E-state index in [0.717, 1.165) is 4.91 Å². The van der Waals surface area contributed by atoms with E-state index >= 15 is 0 Å². The zero-order chi connectivity index (χ0) is 5.28. The van der Waals surface area contributed by atoms with Crippen molar-refractivity contribution >= 4 is 25.3 Å². The molecule has 0 saturated heterocycles. The lowest BCUT2D eigenvalue weighted by Crippen LogP contribution is -1.77. The zero-order valence-electron chi connectivity index (χ0n) is 3.70. The fourth-order valence-corrected chi connectivity index (χ4v) is 1.09. The summed E-state index contributed by atoms with van der Waals surface area (Å²) >= 11 is 8.22. The van der Waals surface area contributed by atoms with Gasteiger partial charge in [-0.3, -0.25) is 0 Å². The first kappa shape index (κ1) is 5.32. The molecule has 1 atom stereocenters. The molecule has 0 aliphatic heterocycles.